The summed E-state index contributed by atoms with van der Waals surface area (Å²) in [4.78, 5) is 24.6. The van der Waals surface area contributed by atoms with Gasteiger partial charge in [-0.05, 0) is 68.8 Å². The van der Waals surface area contributed by atoms with Gasteiger partial charge in [0, 0.05) is 29.7 Å². The van der Waals surface area contributed by atoms with Gasteiger partial charge in [-0.3, -0.25) is 0 Å². The molecule has 2 N–H and O–H groups in total. The van der Waals surface area contributed by atoms with Crippen LogP contribution in [0.4, 0.5) is 4.79 Å². The number of hydrogen-bond donors (Lipinski definition) is 1. The summed E-state index contributed by atoms with van der Waals surface area (Å²) in [5, 5.41) is 0. The number of methoxy groups -OCH3 is 1. The Labute approximate surface area is 204 Å². The number of hydrogen-bond acceptors (Lipinski definition) is 6. The molecule has 0 aromatic rings. The van der Waals surface area contributed by atoms with Gasteiger partial charge in [-0.1, -0.05) is 45.4 Å². The third-order valence-electron chi connectivity index (χ3n) is 10.6. The van der Waals surface area contributed by atoms with Crippen LogP contribution in [0.25, 0.3) is 0 Å². The zero-order valence-electron chi connectivity index (χ0n) is 21.4. The first kappa shape index (κ1) is 24.3. The number of nitrogens with two attached hydrogens (primary N) is 1. The second-order valence-electron chi connectivity index (χ2n) is 12.1. The lowest BCUT2D eigenvalue weighted by atomic mass is 9.43. The molecule has 0 aromatic carbocycles. The number of allylic oxidation sites excluding steroid dienone is 1. The molecule has 2 spiro atoms. The maximum atomic E-state index is 11.7. The van der Waals surface area contributed by atoms with Crippen LogP contribution in [0.3, 0.4) is 0 Å². The molecule has 34 heavy (non-hydrogen) atoms. The van der Waals surface area contributed by atoms with E-state index in [1.807, 2.05) is 0 Å². The Morgan fingerprint density at radius 1 is 1.15 bits per heavy atom. The highest BCUT2D eigenvalue weighted by Crippen LogP contribution is 2.72. The van der Waals surface area contributed by atoms with Crippen molar-refractivity contribution in [3.05, 3.63) is 24.3 Å². The van der Waals surface area contributed by atoms with Crippen LogP contribution in [0, 0.1) is 28.6 Å². The molecule has 6 rings (SSSR count). The Hall–Kier alpha value is -1.37. The van der Waals surface area contributed by atoms with E-state index in [4.69, 9.17) is 25.0 Å². The number of carbonyl (C=O) groups excluding carboxylic acids is 1. The monoisotopic (exact) mass is 473 g/mol. The Morgan fingerprint density at radius 2 is 1.97 bits per heavy atom. The SMILES string of the molecule is CCC[C@H](N)/C=C/C[C@@H]1CC[C@H]2[C@@]1(C)CC[C@@H]1[C@@]23C=C[C@@]2(C[C@H](OC(=O)OC)CC[C@@]12C)OO3. The van der Waals surface area contributed by atoms with Gasteiger partial charge in [-0.25, -0.2) is 14.6 Å². The summed E-state index contributed by atoms with van der Waals surface area (Å²) in [5.41, 5.74) is 5.54. The normalized spacial score (nSPS) is 47.7. The molecular weight excluding hydrogens is 430 g/mol. The largest absolute Gasteiger partial charge is 0.508 e. The first-order valence-electron chi connectivity index (χ1n) is 13.5. The molecule has 2 heterocycles. The maximum absolute atomic E-state index is 11.7. The van der Waals surface area contributed by atoms with Crippen molar-refractivity contribution < 1.29 is 24.0 Å². The molecular formula is C28H43NO5. The fourth-order valence-corrected chi connectivity index (χ4v) is 8.71. The molecule has 6 heteroatoms. The van der Waals surface area contributed by atoms with Gasteiger partial charge >= 0.3 is 6.16 Å². The zero-order chi connectivity index (χ0) is 24.2. The van der Waals surface area contributed by atoms with Crippen molar-refractivity contribution in [2.45, 2.75) is 108 Å². The molecule has 2 bridgehead atoms. The molecule has 0 aromatic heterocycles. The fraction of sp³-hybridized carbons (Fsp3) is 0.821. The van der Waals surface area contributed by atoms with Crippen molar-refractivity contribution in [3.63, 3.8) is 0 Å². The summed E-state index contributed by atoms with van der Waals surface area (Å²) in [6.07, 6.45) is 18.8. The smallest absolute Gasteiger partial charge is 0.438 e. The van der Waals surface area contributed by atoms with Gasteiger partial charge < -0.3 is 15.2 Å². The van der Waals surface area contributed by atoms with Gasteiger partial charge in [0.05, 0.1) is 7.11 Å². The summed E-state index contributed by atoms with van der Waals surface area (Å²) < 4.78 is 10.3. The summed E-state index contributed by atoms with van der Waals surface area (Å²) in [7, 11) is 1.35. The molecule has 4 aliphatic carbocycles. The Balaban J connectivity index is 1.37. The standard InChI is InChI=1S/C28H43NO5/c1-5-7-20(29)9-6-8-19-10-11-22-25(19,2)14-13-23-26(3)15-12-21(32-24(30)31-4)18-27(26)16-17-28(22,23)34-33-27/h6,9,16-17,19-23H,5,7-8,10-15,18,29H2,1-4H3/b9-6+/t19-,20+,21-,22+,23+,25+,26+,27+,28-/m1/s1. The minimum atomic E-state index is -0.619. The molecule has 9 atom stereocenters. The van der Waals surface area contributed by atoms with Crippen molar-refractivity contribution in [2.75, 3.05) is 7.11 Å². The van der Waals surface area contributed by atoms with Crippen LogP contribution < -0.4 is 5.73 Å². The van der Waals surface area contributed by atoms with E-state index in [0.717, 1.165) is 38.5 Å². The van der Waals surface area contributed by atoms with E-state index in [0.29, 0.717) is 24.2 Å². The average Bonchev–Trinajstić information content (AvgIpc) is 3.16. The maximum Gasteiger partial charge on any atom is 0.508 e. The van der Waals surface area contributed by atoms with Gasteiger partial charge in [0.1, 0.15) is 17.3 Å². The highest BCUT2D eigenvalue weighted by Gasteiger charge is 2.74. The van der Waals surface area contributed by atoms with Crippen LogP contribution in [0.2, 0.25) is 0 Å². The van der Waals surface area contributed by atoms with Crippen molar-refractivity contribution >= 4 is 6.16 Å². The molecule has 4 fully saturated rings. The van der Waals surface area contributed by atoms with Crippen LogP contribution in [0.1, 0.15) is 85.0 Å². The lowest BCUT2D eigenvalue weighted by Gasteiger charge is -2.69. The van der Waals surface area contributed by atoms with E-state index in [9.17, 15) is 4.79 Å². The number of fused-ring (bicyclic) bond motifs is 2. The predicted octanol–water partition coefficient (Wildman–Crippen LogP) is 5.85. The molecule has 3 saturated carbocycles. The van der Waals surface area contributed by atoms with Crippen LogP contribution in [-0.4, -0.2) is 36.6 Å². The van der Waals surface area contributed by atoms with Gasteiger partial charge in [0.15, 0.2) is 0 Å². The molecule has 0 unspecified atom stereocenters. The molecule has 0 radical (unpaired) electrons. The molecule has 190 valence electrons. The van der Waals surface area contributed by atoms with Gasteiger partial charge in [0.25, 0.3) is 0 Å². The first-order valence-corrected chi connectivity index (χ1v) is 13.5. The van der Waals surface area contributed by atoms with Crippen molar-refractivity contribution in [3.8, 4) is 0 Å². The quantitative estimate of drug-likeness (QED) is 0.296. The van der Waals surface area contributed by atoms with E-state index >= 15 is 0 Å². The highest BCUT2D eigenvalue weighted by molar-refractivity contribution is 5.59. The second-order valence-corrected chi connectivity index (χ2v) is 12.1. The molecule has 2 aliphatic heterocycles. The van der Waals surface area contributed by atoms with Crippen molar-refractivity contribution in [1.29, 1.82) is 0 Å². The van der Waals surface area contributed by atoms with E-state index < -0.39 is 11.8 Å². The molecule has 0 amide bonds. The summed E-state index contributed by atoms with van der Waals surface area (Å²) in [6.45, 7) is 7.07. The van der Waals surface area contributed by atoms with Gasteiger partial charge in [-0.15, -0.1) is 0 Å². The molecule has 6 nitrogen and oxygen atoms in total. The molecule has 1 saturated heterocycles. The lowest BCUT2D eigenvalue weighted by molar-refractivity contribution is -0.497. The Bertz CT molecular complexity index is 858. The minimum Gasteiger partial charge on any atom is -0.438 e. The van der Waals surface area contributed by atoms with Crippen LogP contribution >= 0.6 is 0 Å². The van der Waals surface area contributed by atoms with Crippen LogP contribution in [0.5, 0.6) is 0 Å². The van der Waals surface area contributed by atoms with Gasteiger partial charge in [-0.2, -0.15) is 0 Å². The van der Waals surface area contributed by atoms with Crippen LogP contribution in [0.15, 0.2) is 24.3 Å². The highest BCUT2D eigenvalue weighted by atomic mass is 17.2. The van der Waals surface area contributed by atoms with E-state index in [1.165, 1.54) is 26.4 Å². The first-order chi connectivity index (χ1) is 16.2. The van der Waals surface area contributed by atoms with Crippen molar-refractivity contribution in [1.82, 2.24) is 0 Å². The Morgan fingerprint density at radius 3 is 2.68 bits per heavy atom. The van der Waals surface area contributed by atoms with Crippen molar-refractivity contribution in [2.24, 2.45) is 34.3 Å². The topological polar surface area (TPSA) is 80.0 Å². The van der Waals surface area contributed by atoms with E-state index in [2.05, 4.69) is 45.1 Å². The summed E-state index contributed by atoms with van der Waals surface area (Å²) in [6, 6.07) is 0.173. The second kappa shape index (κ2) is 8.63. The number of carbonyl (C=O) groups is 1. The third-order valence-corrected chi connectivity index (χ3v) is 10.6. The predicted molar refractivity (Wildman–Crippen MR) is 130 cm³/mol. The fourth-order valence-electron chi connectivity index (χ4n) is 8.71. The minimum absolute atomic E-state index is 0.0256. The summed E-state index contributed by atoms with van der Waals surface area (Å²) in [5.74, 6) is 1.53. The number of rotatable bonds is 6. The third kappa shape index (κ3) is 3.42. The van der Waals surface area contributed by atoms with E-state index in [-0.39, 0.29) is 28.6 Å². The lowest BCUT2D eigenvalue weighted by Crippen LogP contribution is -2.73. The zero-order valence-corrected chi connectivity index (χ0v) is 21.4. The van der Waals surface area contributed by atoms with Crippen LogP contribution in [-0.2, 0) is 19.2 Å². The number of ether oxygens (including phenoxy) is 2. The summed E-state index contributed by atoms with van der Waals surface area (Å²) >= 11 is 0. The molecule has 6 aliphatic rings. The van der Waals surface area contributed by atoms with E-state index in [1.54, 1.807) is 0 Å². The average molecular weight is 474 g/mol. The van der Waals surface area contributed by atoms with Gasteiger partial charge in [0.2, 0.25) is 0 Å². The Kier molecular flexibility index (Phi) is 6.18.